The molecule has 0 spiro atoms. The summed E-state index contributed by atoms with van der Waals surface area (Å²) in [4.78, 5) is 17.4. The van der Waals surface area contributed by atoms with Gasteiger partial charge in [-0.05, 0) is 30.8 Å². The van der Waals surface area contributed by atoms with E-state index < -0.39 is 12.1 Å². The van der Waals surface area contributed by atoms with Crippen LogP contribution in [0.5, 0.6) is 0 Å². The van der Waals surface area contributed by atoms with Crippen LogP contribution in [0.4, 0.5) is 5.95 Å². The lowest BCUT2D eigenvalue weighted by Crippen LogP contribution is -2.25. The number of nitrogens with zero attached hydrogens (tertiary/aromatic N) is 3. The van der Waals surface area contributed by atoms with Gasteiger partial charge in [0.15, 0.2) is 6.10 Å². The normalized spacial score (nSPS) is 27.5. The lowest BCUT2D eigenvalue weighted by Gasteiger charge is -2.16. The van der Waals surface area contributed by atoms with Crippen molar-refractivity contribution in [1.29, 1.82) is 0 Å². The van der Waals surface area contributed by atoms with E-state index in [0.717, 1.165) is 25.9 Å². The quantitative estimate of drug-likeness (QED) is 0.902. The van der Waals surface area contributed by atoms with E-state index in [1.165, 1.54) is 12.8 Å². The molecule has 2 aliphatic rings. The molecule has 2 fully saturated rings. The van der Waals surface area contributed by atoms with Crippen LogP contribution in [0.15, 0.2) is 4.52 Å². The lowest BCUT2D eigenvalue weighted by atomic mass is 10.2. The Hall–Kier alpha value is -1.63. The highest BCUT2D eigenvalue weighted by Gasteiger charge is 2.35. The Kier molecular flexibility index (Phi) is 3.86. The molecule has 3 heterocycles. The summed E-state index contributed by atoms with van der Waals surface area (Å²) in [5.41, 5.74) is 0. The van der Waals surface area contributed by atoms with Crippen molar-refractivity contribution in [2.24, 2.45) is 0 Å². The summed E-state index contributed by atoms with van der Waals surface area (Å²) in [5.74, 6) is 0.0667. The topological polar surface area (TPSA) is 88.7 Å². The summed E-state index contributed by atoms with van der Waals surface area (Å²) in [6.07, 6.45) is 4.73. The second-order valence-electron chi connectivity index (χ2n) is 5.36. The first kappa shape index (κ1) is 13.4. The third kappa shape index (κ3) is 2.77. The molecule has 2 aliphatic heterocycles. The van der Waals surface area contributed by atoms with E-state index in [1.807, 2.05) is 0 Å². The van der Waals surface area contributed by atoms with E-state index in [2.05, 4.69) is 15.0 Å². The number of carboxylic acid groups (broad SMARTS) is 1. The summed E-state index contributed by atoms with van der Waals surface area (Å²) >= 11 is 0. The Morgan fingerprint density at radius 3 is 2.60 bits per heavy atom. The van der Waals surface area contributed by atoms with E-state index in [1.54, 1.807) is 0 Å². The lowest BCUT2D eigenvalue weighted by molar-refractivity contribution is -0.150. The number of anilines is 1. The van der Waals surface area contributed by atoms with Crippen LogP contribution in [0.2, 0.25) is 0 Å². The van der Waals surface area contributed by atoms with Crippen LogP contribution in [-0.2, 0) is 9.53 Å². The first-order valence-electron chi connectivity index (χ1n) is 7.21. The van der Waals surface area contributed by atoms with Gasteiger partial charge < -0.3 is 19.3 Å². The van der Waals surface area contributed by atoms with Gasteiger partial charge >= 0.3 is 5.97 Å². The zero-order valence-electron chi connectivity index (χ0n) is 11.3. The molecule has 3 rings (SSSR count). The van der Waals surface area contributed by atoms with Gasteiger partial charge in [0.25, 0.3) is 11.8 Å². The maximum atomic E-state index is 10.9. The van der Waals surface area contributed by atoms with E-state index in [9.17, 15) is 4.79 Å². The van der Waals surface area contributed by atoms with Gasteiger partial charge in [0.2, 0.25) is 0 Å². The second-order valence-corrected chi connectivity index (χ2v) is 5.36. The Balaban J connectivity index is 1.66. The van der Waals surface area contributed by atoms with E-state index >= 15 is 0 Å². The van der Waals surface area contributed by atoms with Gasteiger partial charge in [-0.3, -0.25) is 0 Å². The molecule has 1 N–H and O–H groups in total. The molecule has 1 aromatic rings. The summed E-state index contributed by atoms with van der Waals surface area (Å²) in [7, 11) is 0. The van der Waals surface area contributed by atoms with Crippen LogP contribution in [-0.4, -0.2) is 40.4 Å². The van der Waals surface area contributed by atoms with Crippen LogP contribution in [0.3, 0.4) is 0 Å². The molecule has 0 saturated carbocycles. The smallest absolute Gasteiger partial charge is 0.332 e. The number of hydrogen-bond acceptors (Lipinski definition) is 6. The van der Waals surface area contributed by atoms with Crippen LogP contribution in [0.25, 0.3) is 0 Å². The summed E-state index contributed by atoms with van der Waals surface area (Å²) in [6, 6.07) is 0. The number of carboxylic acids is 1. The van der Waals surface area contributed by atoms with Crippen molar-refractivity contribution >= 4 is 11.9 Å². The molecule has 20 heavy (non-hydrogen) atoms. The maximum Gasteiger partial charge on any atom is 0.332 e. The molecule has 0 amide bonds. The molecule has 0 radical (unpaired) electrons. The fraction of sp³-hybridized carbons (Fsp3) is 0.769. The zero-order valence-corrected chi connectivity index (χ0v) is 11.3. The highest BCUT2D eigenvalue weighted by molar-refractivity contribution is 5.72. The van der Waals surface area contributed by atoms with Crippen molar-refractivity contribution in [3.05, 3.63) is 5.89 Å². The van der Waals surface area contributed by atoms with E-state index in [4.69, 9.17) is 14.4 Å². The Morgan fingerprint density at radius 1 is 1.20 bits per heavy atom. The average molecular weight is 281 g/mol. The Morgan fingerprint density at radius 2 is 1.95 bits per heavy atom. The van der Waals surface area contributed by atoms with E-state index in [0.29, 0.717) is 24.7 Å². The molecule has 0 aromatic carbocycles. The summed E-state index contributed by atoms with van der Waals surface area (Å²) in [5, 5.41) is 12.9. The van der Waals surface area contributed by atoms with Crippen molar-refractivity contribution < 1.29 is 19.2 Å². The minimum atomic E-state index is -0.931. The molecule has 0 bridgehead atoms. The largest absolute Gasteiger partial charge is 0.479 e. The van der Waals surface area contributed by atoms with Gasteiger partial charge in [-0.15, -0.1) is 0 Å². The predicted octanol–water partition coefficient (Wildman–Crippen LogP) is 1.75. The average Bonchev–Trinajstić information content (AvgIpc) is 3.02. The number of hydrogen-bond donors (Lipinski definition) is 1. The molecule has 2 atom stereocenters. The minimum Gasteiger partial charge on any atom is -0.479 e. The number of rotatable bonds is 3. The van der Waals surface area contributed by atoms with Crippen LogP contribution < -0.4 is 4.90 Å². The first-order valence-corrected chi connectivity index (χ1v) is 7.21. The zero-order chi connectivity index (χ0) is 13.9. The SMILES string of the molecule is O=C(O)C1CCC(c2nc(N3CCCCCC3)no2)O1. The molecule has 2 unspecified atom stereocenters. The fourth-order valence-electron chi connectivity index (χ4n) is 2.76. The highest BCUT2D eigenvalue weighted by atomic mass is 16.6. The van der Waals surface area contributed by atoms with Crippen molar-refractivity contribution in [2.75, 3.05) is 18.0 Å². The summed E-state index contributed by atoms with van der Waals surface area (Å²) < 4.78 is 10.7. The van der Waals surface area contributed by atoms with Gasteiger partial charge in [0.1, 0.15) is 6.10 Å². The highest BCUT2D eigenvalue weighted by Crippen LogP contribution is 2.32. The molecule has 1 aromatic heterocycles. The van der Waals surface area contributed by atoms with Gasteiger partial charge in [-0.25, -0.2) is 4.79 Å². The van der Waals surface area contributed by atoms with Crippen LogP contribution in [0.1, 0.15) is 50.5 Å². The summed E-state index contributed by atoms with van der Waals surface area (Å²) in [6.45, 7) is 1.89. The van der Waals surface area contributed by atoms with Crippen molar-refractivity contribution in [2.45, 2.75) is 50.7 Å². The monoisotopic (exact) mass is 281 g/mol. The third-order valence-corrected chi connectivity index (χ3v) is 3.89. The molecular formula is C13H19N3O4. The van der Waals surface area contributed by atoms with E-state index in [-0.39, 0.29) is 6.10 Å². The number of aliphatic carboxylic acids is 1. The number of carbonyl (C=O) groups is 1. The molecule has 2 saturated heterocycles. The van der Waals surface area contributed by atoms with Crippen molar-refractivity contribution in [3.8, 4) is 0 Å². The third-order valence-electron chi connectivity index (χ3n) is 3.89. The van der Waals surface area contributed by atoms with Gasteiger partial charge in [-0.1, -0.05) is 12.8 Å². The molecule has 0 aliphatic carbocycles. The molecular weight excluding hydrogens is 262 g/mol. The van der Waals surface area contributed by atoms with Gasteiger partial charge in [-0.2, -0.15) is 4.98 Å². The van der Waals surface area contributed by atoms with Crippen LogP contribution in [0, 0.1) is 0 Å². The van der Waals surface area contributed by atoms with Crippen LogP contribution >= 0.6 is 0 Å². The molecule has 110 valence electrons. The first-order chi connectivity index (χ1) is 9.74. The Labute approximate surface area is 116 Å². The molecule has 7 nitrogen and oxygen atoms in total. The minimum absolute atomic E-state index is 0.385. The number of ether oxygens (including phenoxy) is 1. The predicted molar refractivity (Wildman–Crippen MR) is 69.5 cm³/mol. The Bertz CT molecular complexity index is 468. The standard InChI is InChI=1S/C13H19N3O4/c17-12(18)10-6-5-9(19-10)11-14-13(15-20-11)16-7-3-1-2-4-8-16/h9-10H,1-8H2,(H,17,18). The van der Waals surface area contributed by atoms with Gasteiger partial charge in [0.05, 0.1) is 0 Å². The van der Waals surface area contributed by atoms with Gasteiger partial charge in [0, 0.05) is 13.1 Å². The van der Waals surface area contributed by atoms with Crippen molar-refractivity contribution in [3.63, 3.8) is 0 Å². The molecule has 7 heteroatoms. The fourth-order valence-corrected chi connectivity index (χ4v) is 2.76. The maximum absolute atomic E-state index is 10.9. The van der Waals surface area contributed by atoms with Crippen molar-refractivity contribution in [1.82, 2.24) is 10.1 Å². The number of aromatic nitrogens is 2. The second kappa shape index (κ2) is 5.78.